The average molecular weight is 420 g/mol. The second kappa shape index (κ2) is 7.05. The van der Waals surface area contributed by atoms with Gasteiger partial charge in [0.05, 0.1) is 5.56 Å². The number of nitrogens with zero attached hydrogens (tertiary/aromatic N) is 2. The molecule has 0 aromatic carbocycles. The minimum absolute atomic E-state index is 0.123. The van der Waals surface area contributed by atoms with Crippen LogP contribution in [0.2, 0.25) is 0 Å². The van der Waals surface area contributed by atoms with Gasteiger partial charge >= 0.3 is 12.4 Å². The average Bonchev–Trinajstić information content (AvgIpc) is 2.39. The van der Waals surface area contributed by atoms with Crippen LogP contribution >= 0.6 is 22.6 Å². The summed E-state index contributed by atoms with van der Waals surface area (Å²) in [7, 11) is 0. The molecule has 2 aromatic rings. The van der Waals surface area contributed by atoms with Crippen molar-refractivity contribution in [2.75, 3.05) is 0 Å². The highest BCUT2D eigenvalue weighted by Gasteiger charge is 2.34. The number of hydrogen-bond donors (Lipinski definition) is 0. The third kappa shape index (κ3) is 5.86. The third-order valence-electron chi connectivity index (χ3n) is 2.02. The molecule has 9 heteroatoms. The van der Waals surface area contributed by atoms with Gasteiger partial charge in [0.1, 0.15) is 0 Å². The van der Waals surface area contributed by atoms with Crippen molar-refractivity contribution in [3.63, 3.8) is 0 Å². The number of alkyl halides is 6. The van der Waals surface area contributed by atoms with Crippen LogP contribution in [0.15, 0.2) is 42.9 Å². The van der Waals surface area contributed by atoms with Crippen LogP contribution in [0.4, 0.5) is 26.3 Å². The summed E-state index contributed by atoms with van der Waals surface area (Å²) in [6, 6.07) is 5.07. The van der Waals surface area contributed by atoms with Crippen LogP contribution in [-0.4, -0.2) is 9.97 Å². The van der Waals surface area contributed by atoms with E-state index in [1.807, 2.05) is 0 Å². The molecule has 0 spiro atoms. The molecule has 0 aliphatic rings. The Morgan fingerprint density at radius 2 is 1.48 bits per heavy atom. The number of halogens is 7. The lowest BCUT2D eigenvalue weighted by Gasteiger charge is -2.05. The molecule has 0 aliphatic heterocycles. The summed E-state index contributed by atoms with van der Waals surface area (Å²) in [4.78, 5) is 6.55. The van der Waals surface area contributed by atoms with Gasteiger partial charge in [-0.25, -0.2) is 0 Å². The van der Waals surface area contributed by atoms with E-state index in [-0.39, 0.29) is 3.57 Å². The van der Waals surface area contributed by atoms with Crippen molar-refractivity contribution < 1.29 is 26.3 Å². The van der Waals surface area contributed by atoms with E-state index in [0.717, 1.165) is 18.5 Å². The Bertz CT molecular complexity index is 568. The Hall–Kier alpha value is -1.39. The molecule has 0 amide bonds. The number of pyridine rings is 2. The van der Waals surface area contributed by atoms with Crippen LogP contribution in [0.5, 0.6) is 0 Å². The lowest BCUT2D eigenvalue weighted by molar-refractivity contribution is -0.142. The van der Waals surface area contributed by atoms with Crippen LogP contribution in [0.25, 0.3) is 0 Å². The van der Waals surface area contributed by atoms with E-state index in [2.05, 4.69) is 9.97 Å². The van der Waals surface area contributed by atoms with E-state index in [0.29, 0.717) is 0 Å². The number of hydrogen-bond acceptors (Lipinski definition) is 2. The molecule has 0 radical (unpaired) electrons. The van der Waals surface area contributed by atoms with E-state index in [9.17, 15) is 26.3 Å². The molecule has 0 saturated carbocycles. The van der Waals surface area contributed by atoms with Gasteiger partial charge in [0.2, 0.25) is 0 Å². The van der Waals surface area contributed by atoms with E-state index < -0.39 is 23.6 Å². The predicted octanol–water partition coefficient (Wildman–Crippen LogP) is 4.81. The van der Waals surface area contributed by atoms with Crippen molar-refractivity contribution >= 4 is 22.6 Å². The standard InChI is InChI=1S/C6H3F3IN.C6H4F3N/c7-6(8,9)5-4(10)2-1-3-11-5;7-6(8,9)5-2-1-3-10-4-5/h1-3H;1-4H. The van der Waals surface area contributed by atoms with Crippen LogP contribution in [0.3, 0.4) is 0 Å². The zero-order valence-electron chi connectivity index (χ0n) is 10.1. The lowest BCUT2D eigenvalue weighted by atomic mass is 10.3. The zero-order valence-corrected chi connectivity index (χ0v) is 12.2. The Morgan fingerprint density at radius 3 is 1.81 bits per heavy atom. The van der Waals surface area contributed by atoms with Crippen molar-refractivity contribution in [3.8, 4) is 0 Å². The molecule has 0 unspecified atom stereocenters. The van der Waals surface area contributed by atoms with Crippen LogP contribution in [0.1, 0.15) is 11.3 Å². The first kappa shape index (κ1) is 17.7. The van der Waals surface area contributed by atoms with Gasteiger partial charge < -0.3 is 0 Å². The molecule has 2 aromatic heterocycles. The fourth-order valence-electron chi connectivity index (χ4n) is 1.12. The molecular formula is C12H7F6IN2. The summed E-state index contributed by atoms with van der Waals surface area (Å²) in [6.07, 6.45) is -5.38. The van der Waals surface area contributed by atoms with Crippen molar-refractivity contribution in [1.29, 1.82) is 0 Å². The highest BCUT2D eigenvalue weighted by atomic mass is 127. The second-order valence-corrected chi connectivity index (χ2v) is 4.73. The first-order valence-electron chi connectivity index (χ1n) is 5.27. The largest absolute Gasteiger partial charge is 0.434 e. The Morgan fingerprint density at radius 1 is 0.857 bits per heavy atom. The van der Waals surface area contributed by atoms with Crippen LogP contribution in [0, 0.1) is 3.57 Å². The van der Waals surface area contributed by atoms with E-state index >= 15 is 0 Å². The van der Waals surface area contributed by atoms with Crippen molar-refractivity contribution in [3.05, 3.63) is 57.7 Å². The Labute approximate surface area is 129 Å². The normalized spacial score (nSPS) is 11.6. The maximum Gasteiger partial charge on any atom is 0.434 e. The fourth-order valence-corrected chi connectivity index (χ4v) is 1.78. The maximum atomic E-state index is 12.0. The van der Waals surface area contributed by atoms with Crippen molar-refractivity contribution in [2.45, 2.75) is 12.4 Å². The van der Waals surface area contributed by atoms with E-state index in [1.165, 1.54) is 24.4 Å². The van der Waals surface area contributed by atoms with Gasteiger partial charge in [-0.2, -0.15) is 26.3 Å². The van der Waals surface area contributed by atoms with Crippen molar-refractivity contribution in [1.82, 2.24) is 9.97 Å². The molecule has 2 nitrogen and oxygen atoms in total. The summed E-state index contributed by atoms with van der Waals surface area (Å²) in [5, 5.41) is 0. The van der Waals surface area contributed by atoms with Crippen LogP contribution in [-0.2, 0) is 12.4 Å². The molecule has 2 rings (SSSR count). The van der Waals surface area contributed by atoms with E-state index in [1.54, 1.807) is 22.6 Å². The Kier molecular flexibility index (Phi) is 5.93. The highest BCUT2D eigenvalue weighted by Crippen LogP contribution is 2.30. The number of aromatic nitrogens is 2. The molecule has 2 heterocycles. The molecule has 0 aliphatic carbocycles. The molecule has 0 bridgehead atoms. The topological polar surface area (TPSA) is 25.8 Å². The molecule has 21 heavy (non-hydrogen) atoms. The van der Waals surface area contributed by atoms with Crippen molar-refractivity contribution in [2.24, 2.45) is 0 Å². The van der Waals surface area contributed by atoms with Gasteiger partial charge in [0, 0.05) is 22.2 Å². The van der Waals surface area contributed by atoms with Gasteiger partial charge in [-0.15, -0.1) is 0 Å². The molecule has 0 N–H and O–H groups in total. The van der Waals surface area contributed by atoms with Crippen LogP contribution < -0.4 is 0 Å². The molecular weight excluding hydrogens is 413 g/mol. The second-order valence-electron chi connectivity index (χ2n) is 3.57. The minimum Gasteiger partial charge on any atom is -0.264 e. The molecule has 0 atom stereocenters. The predicted molar refractivity (Wildman–Crippen MR) is 71.2 cm³/mol. The summed E-state index contributed by atoms with van der Waals surface area (Å²) < 4.78 is 71.3. The summed E-state index contributed by atoms with van der Waals surface area (Å²) in [5.41, 5.74) is -1.53. The molecule has 0 fully saturated rings. The third-order valence-corrected chi connectivity index (χ3v) is 2.89. The van der Waals surface area contributed by atoms with Gasteiger partial charge in [-0.3, -0.25) is 9.97 Å². The minimum atomic E-state index is -4.34. The monoisotopic (exact) mass is 420 g/mol. The zero-order chi connectivity index (χ0) is 16.1. The Balaban J connectivity index is 0.000000211. The van der Waals surface area contributed by atoms with Gasteiger partial charge in [0.15, 0.2) is 5.69 Å². The van der Waals surface area contributed by atoms with E-state index in [4.69, 9.17) is 0 Å². The first-order valence-corrected chi connectivity index (χ1v) is 6.35. The SMILES string of the molecule is FC(F)(F)c1cccnc1.FC(F)(F)c1ncccc1I. The van der Waals surface area contributed by atoms with Gasteiger partial charge in [0.25, 0.3) is 0 Å². The number of rotatable bonds is 0. The highest BCUT2D eigenvalue weighted by molar-refractivity contribution is 14.1. The smallest absolute Gasteiger partial charge is 0.264 e. The molecule has 114 valence electrons. The fraction of sp³-hybridized carbons (Fsp3) is 0.167. The lowest BCUT2D eigenvalue weighted by Crippen LogP contribution is -2.09. The summed E-state index contributed by atoms with van der Waals surface area (Å²) >= 11 is 1.60. The van der Waals surface area contributed by atoms with Gasteiger partial charge in [-0.1, -0.05) is 0 Å². The van der Waals surface area contributed by atoms with Gasteiger partial charge in [-0.05, 0) is 46.9 Å². The maximum absolute atomic E-state index is 12.0. The quantitative estimate of drug-likeness (QED) is 0.452. The summed E-state index contributed by atoms with van der Waals surface area (Å²) in [6.45, 7) is 0. The molecule has 0 saturated heterocycles. The summed E-state index contributed by atoms with van der Waals surface area (Å²) in [5.74, 6) is 0. The first-order chi connectivity index (χ1) is 9.62.